The Kier molecular flexibility index (Phi) is 7.49. The summed E-state index contributed by atoms with van der Waals surface area (Å²) in [6.45, 7) is 1.29. The van der Waals surface area contributed by atoms with Crippen LogP contribution in [0.1, 0.15) is 29.0 Å². The van der Waals surface area contributed by atoms with Crippen LogP contribution in [0, 0.1) is 0 Å². The van der Waals surface area contributed by atoms with Gasteiger partial charge < -0.3 is 19.2 Å². The molecule has 3 aromatic rings. The van der Waals surface area contributed by atoms with Gasteiger partial charge in [-0.25, -0.2) is 13.1 Å². The first kappa shape index (κ1) is 23.5. The van der Waals surface area contributed by atoms with Gasteiger partial charge in [0.2, 0.25) is 10.0 Å². The number of sulfonamides is 1. The summed E-state index contributed by atoms with van der Waals surface area (Å²) in [6.07, 6.45) is 3.61. The number of carbonyl (C=O) groups excluding carboxylic acids is 1. The number of ether oxygens (including phenoxy) is 2. The van der Waals surface area contributed by atoms with Crippen LogP contribution in [0.25, 0.3) is 0 Å². The van der Waals surface area contributed by atoms with Gasteiger partial charge in [0.05, 0.1) is 28.3 Å². The number of hydrogen-bond acceptors (Lipinski definition) is 6. The smallest absolute Gasteiger partial charge is 0.255 e. The van der Waals surface area contributed by atoms with Gasteiger partial charge >= 0.3 is 0 Å². The van der Waals surface area contributed by atoms with Crippen molar-refractivity contribution in [3.8, 4) is 5.75 Å². The SMILES string of the molecule is O=C(Nc1ccc(S(=O)(=O)NCc2ccco2)cc1)c1ccc(OCC2CCCO2)c(Br)c1. The number of carbonyl (C=O) groups is 1. The monoisotopic (exact) mass is 534 g/mol. The molecule has 0 bridgehead atoms. The van der Waals surface area contributed by atoms with E-state index in [2.05, 4.69) is 26.0 Å². The molecule has 1 unspecified atom stereocenters. The molecule has 10 heteroatoms. The summed E-state index contributed by atoms with van der Waals surface area (Å²) in [5.74, 6) is 0.823. The van der Waals surface area contributed by atoms with Gasteiger partial charge in [-0.3, -0.25) is 4.79 Å². The fourth-order valence-corrected chi connectivity index (χ4v) is 4.79. The average molecular weight is 535 g/mol. The van der Waals surface area contributed by atoms with E-state index in [1.54, 1.807) is 30.3 Å². The number of hydrogen-bond donors (Lipinski definition) is 2. The second-order valence-electron chi connectivity index (χ2n) is 7.47. The Balaban J connectivity index is 1.34. The Morgan fingerprint density at radius 1 is 1.15 bits per heavy atom. The number of halogens is 1. The Morgan fingerprint density at radius 3 is 2.64 bits per heavy atom. The molecule has 1 atom stereocenters. The molecule has 1 aliphatic rings. The van der Waals surface area contributed by atoms with E-state index in [-0.39, 0.29) is 23.5 Å². The Hall–Kier alpha value is -2.66. The van der Waals surface area contributed by atoms with Gasteiger partial charge in [-0.15, -0.1) is 0 Å². The highest BCUT2D eigenvalue weighted by Crippen LogP contribution is 2.27. The molecule has 1 fully saturated rings. The summed E-state index contributed by atoms with van der Waals surface area (Å²) in [7, 11) is -3.71. The van der Waals surface area contributed by atoms with Crippen LogP contribution in [0.4, 0.5) is 5.69 Å². The van der Waals surface area contributed by atoms with Gasteiger partial charge in [-0.2, -0.15) is 0 Å². The van der Waals surface area contributed by atoms with E-state index in [0.29, 0.717) is 33.8 Å². The maximum Gasteiger partial charge on any atom is 0.255 e. The second-order valence-corrected chi connectivity index (χ2v) is 10.1. The van der Waals surface area contributed by atoms with Crippen LogP contribution in [0.2, 0.25) is 0 Å². The third-order valence-electron chi connectivity index (χ3n) is 5.08. The number of anilines is 1. The van der Waals surface area contributed by atoms with E-state index in [1.165, 1.54) is 30.5 Å². The Morgan fingerprint density at radius 2 is 1.97 bits per heavy atom. The molecule has 174 valence electrons. The predicted octanol–water partition coefficient (Wildman–Crippen LogP) is 4.33. The minimum absolute atomic E-state index is 0.0517. The lowest BCUT2D eigenvalue weighted by molar-refractivity contribution is 0.0677. The summed E-state index contributed by atoms with van der Waals surface area (Å²) < 4.78 is 44.5. The first-order valence-corrected chi connectivity index (χ1v) is 12.7. The van der Waals surface area contributed by atoms with Crippen molar-refractivity contribution >= 4 is 37.5 Å². The van der Waals surface area contributed by atoms with Crippen molar-refractivity contribution in [3.63, 3.8) is 0 Å². The van der Waals surface area contributed by atoms with Crippen molar-refractivity contribution in [2.45, 2.75) is 30.4 Å². The summed E-state index contributed by atoms with van der Waals surface area (Å²) in [6, 6.07) is 14.4. The van der Waals surface area contributed by atoms with Crippen LogP contribution < -0.4 is 14.8 Å². The maximum absolute atomic E-state index is 12.6. The van der Waals surface area contributed by atoms with Crippen molar-refractivity contribution in [3.05, 3.63) is 76.7 Å². The highest BCUT2D eigenvalue weighted by Gasteiger charge is 2.18. The van der Waals surface area contributed by atoms with Crippen molar-refractivity contribution in [2.75, 3.05) is 18.5 Å². The zero-order chi connectivity index (χ0) is 23.3. The second kappa shape index (κ2) is 10.5. The molecule has 0 radical (unpaired) electrons. The van der Waals surface area contributed by atoms with Crippen LogP contribution >= 0.6 is 15.9 Å². The molecule has 1 amide bonds. The van der Waals surface area contributed by atoms with E-state index in [1.807, 2.05) is 0 Å². The molecular formula is C23H23BrN2O6S. The highest BCUT2D eigenvalue weighted by molar-refractivity contribution is 9.10. The average Bonchev–Trinajstić information content (AvgIpc) is 3.52. The third-order valence-corrected chi connectivity index (χ3v) is 7.12. The molecule has 2 aromatic carbocycles. The molecular weight excluding hydrogens is 512 g/mol. The van der Waals surface area contributed by atoms with Crippen molar-refractivity contribution in [2.24, 2.45) is 0 Å². The van der Waals surface area contributed by atoms with E-state index in [9.17, 15) is 13.2 Å². The standard InChI is InChI=1S/C23H23BrN2O6S/c24-21-13-16(5-10-22(21)32-15-19-4-2-12-31-19)23(27)26-17-6-8-20(9-7-17)33(28,29)25-14-18-3-1-11-30-18/h1,3,5-11,13,19,25H,2,4,12,14-15H2,(H,26,27). The maximum atomic E-state index is 12.6. The van der Waals surface area contributed by atoms with E-state index < -0.39 is 10.0 Å². The first-order valence-electron chi connectivity index (χ1n) is 10.4. The van der Waals surface area contributed by atoms with Crippen LogP contribution in [0.15, 0.2) is 74.6 Å². The molecule has 1 saturated heterocycles. The number of benzene rings is 2. The number of amides is 1. The van der Waals surface area contributed by atoms with Gasteiger partial charge in [-0.05, 0) is 83.4 Å². The summed E-state index contributed by atoms with van der Waals surface area (Å²) in [5.41, 5.74) is 0.906. The van der Waals surface area contributed by atoms with Crippen molar-refractivity contribution in [1.82, 2.24) is 4.72 Å². The van der Waals surface area contributed by atoms with E-state index in [0.717, 1.165) is 19.4 Å². The molecule has 8 nitrogen and oxygen atoms in total. The van der Waals surface area contributed by atoms with Gasteiger partial charge in [0.15, 0.2) is 0 Å². The van der Waals surface area contributed by atoms with Gasteiger partial charge in [0.1, 0.15) is 18.1 Å². The summed E-state index contributed by atoms with van der Waals surface area (Å²) >= 11 is 3.44. The lowest BCUT2D eigenvalue weighted by atomic mass is 10.2. The predicted molar refractivity (Wildman–Crippen MR) is 126 cm³/mol. The zero-order valence-corrected chi connectivity index (χ0v) is 20.0. The first-order chi connectivity index (χ1) is 15.9. The third kappa shape index (κ3) is 6.23. The Labute approximate surface area is 200 Å². The van der Waals surface area contributed by atoms with Gasteiger partial charge in [0.25, 0.3) is 5.91 Å². The van der Waals surface area contributed by atoms with Crippen molar-refractivity contribution < 1.29 is 27.1 Å². The molecule has 0 spiro atoms. The number of rotatable bonds is 9. The highest BCUT2D eigenvalue weighted by atomic mass is 79.9. The summed E-state index contributed by atoms with van der Waals surface area (Å²) in [5, 5.41) is 2.76. The van der Waals surface area contributed by atoms with E-state index in [4.69, 9.17) is 13.9 Å². The number of nitrogens with one attached hydrogen (secondary N) is 2. The largest absolute Gasteiger partial charge is 0.490 e. The van der Waals surface area contributed by atoms with E-state index >= 15 is 0 Å². The van der Waals surface area contributed by atoms with Gasteiger partial charge in [-0.1, -0.05) is 0 Å². The minimum Gasteiger partial charge on any atom is -0.490 e. The van der Waals surface area contributed by atoms with Crippen LogP contribution in [-0.2, 0) is 21.3 Å². The van der Waals surface area contributed by atoms with Crippen LogP contribution in [0.3, 0.4) is 0 Å². The molecule has 2 N–H and O–H groups in total. The Bertz CT molecular complexity index is 1190. The lowest BCUT2D eigenvalue weighted by Crippen LogP contribution is -2.23. The van der Waals surface area contributed by atoms with Gasteiger partial charge in [0, 0.05) is 17.9 Å². The quantitative estimate of drug-likeness (QED) is 0.423. The fraction of sp³-hybridized carbons (Fsp3) is 0.261. The molecule has 2 heterocycles. The summed E-state index contributed by atoms with van der Waals surface area (Å²) in [4.78, 5) is 12.7. The normalized spacial score (nSPS) is 16.0. The molecule has 0 saturated carbocycles. The van der Waals surface area contributed by atoms with Crippen LogP contribution in [-0.4, -0.2) is 33.6 Å². The number of furan rings is 1. The molecule has 4 rings (SSSR count). The lowest BCUT2D eigenvalue weighted by Gasteiger charge is -2.13. The minimum atomic E-state index is -3.71. The van der Waals surface area contributed by atoms with Crippen molar-refractivity contribution in [1.29, 1.82) is 0 Å². The zero-order valence-electron chi connectivity index (χ0n) is 17.6. The topological polar surface area (TPSA) is 107 Å². The van der Waals surface area contributed by atoms with Crippen LogP contribution in [0.5, 0.6) is 5.75 Å². The fourth-order valence-electron chi connectivity index (χ4n) is 3.30. The molecule has 1 aliphatic heterocycles. The molecule has 1 aromatic heterocycles. The molecule has 0 aliphatic carbocycles. The molecule has 33 heavy (non-hydrogen) atoms.